The topological polar surface area (TPSA) is 50.4 Å². The fraction of sp³-hybridized carbons (Fsp3) is 0.300. The van der Waals surface area contributed by atoms with Gasteiger partial charge in [0.2, 0.25) is 0 Å². The van der Waals surface area contributed by atoms with Crippen LogP contribution < -0.4 is 11.0 Å². The van der Waals surface area contributed by atoms with E-state index in [9.17, 15) is 9.18 Å². The third-order valence-electron chi connectivity index (χ3n) is 1.83. The molecule has 0 fully saturated rings. The first-order chi connectivity index (χ1) is 7.65. The Morgan fingerprint density at radius 3 is 2.88 bits per heavy atom. The van der Waals surface area contributed by atoms with Crippen LogP contribution in [0.1, 0.15) is 13.3 Å². The predicted molar refractivity (Wildman–Crippen MR) is 59.2 cm³/mol. The van der Waals surface area contributed by atoms with Gasteiger partial charge < -0.3 is 4.84 Å². The quantitative estimate of drug-likeness (QED) is 0.618. The average molecular weight is 247 g/mol. The summed E-state index contributed by atoms with van der Waals surface area (Å²) in [6.45, 7) is 1.75. The van der Waals surface area contributed by atoms with E-state index in [0.29, 0.717) is 6.42 Å². The van der Waals surface area contributed by atoms with Crippen molar-refractivity contribution >= 4 is 23.3 Å². The largest absolute Gasteiger partial charge is 0.349 e. The number of hydrogen-bond acceptors (Lipinski definition) is 4. The molecule has 0 aromatic heterocycles. The lowest BCUT2D eigenvalue weighted by Gasteiger charge is -2.10. The van der Waals surface area contributed by atoms with Crippen molar-refractivity contribution < 1.29 is 14.0 Å². The van der Waals surface area contributed by atoms with Crippen LogP contribution in [0.15, 0.2) is 24.3 Å². The minimum atomic E-state index is -0.713. The molecule has 0 amide bonds. The summed E-state index contributed by atoms with van der Waals surface area (Å²) >= 11 is 5.61. The predicted octanol–water partition coefficient (Wildman–Crippen LogP) is 2.22. The molecule has 0 bridgehead atoms. The summed E-state index contributed by atoms with van der Waals surface area (Å²) in [6, 6.07) is 5.97. The van der Waals surface area contributed by atoms with Crippen molar-refractivity contribution in [2.75, 3.05) is 5.43 Å². The van der Waals surface area contributed by atoms with Crippen LogP contribution in [0, 0.1) is 5.82 Å². The molecule has 0 saturated heterocycles. The number of benzene rings is 1. The molecule has 1 atom stereocenters. The highest BCUT2D eigenvalue weighted by Gasteiger charge is 2.14. The highest BCUT2D eigenvalue weighted by molar-refractivity contribution is 6.29. The number of para-hydroxylation sites is 1. The lowest BCUT2D eigenvalue weighted by molar-refractivity contribution is -0.149. The third-order valence-corrected chi connectivity index (χ3v) is 2.31. The van der Waals surface area contributed by atoms with Gasteiger partial charge in [-0.3, -0.25) is 5.43 Å². The maximum atomic E-state index is 13.1. The summed E-state index contributed by atoms with van der Waals surface area (Å²) in [5, 5.41) is -0.713. The van der Waals surface area contributed by atoms with Crippen molar-refractivity contribution in [3.63, 3.8) is 0 Å². The van der Waals surface area contributed by atoms with Gasteiger partial charge in [0.25, 0.3) is 0 Å². The number of halogens is 2. The number of hydrazine groups is 1. The van der Waals surface area contributed by atoms with Crippen molar-refractivity contribution in [2.45, 2.75) is 18.7 Å². The molecule has 0 aliphatic rings. The van der Waals surface area contributed by atoms with Crippen molar-refractivity contribution in [3.8, 4) is 0 Å². The zero-order chi connectivity index (χ0) is 12.0. The Labute approximate surface area is 97.7 Å². The molecule has 16 heavy (non-hydrogen) atoms. The maximum absolute atomic E-state index is 13.1. The number of nitrogens with one attached hydrogen (secondary N) is 2. The Morgan fingerprint density at radius 1 is 1.56 bits per heavy atom. The van der Waals surface area contributed by atoms with Crippen LogP contribution in [0.4, 0.5) is 10.1 Å². The van der Waals surface area contributed by atoms with Crippen molar-refractivity contribution in [3.05, 3.63) is 30.1 Å². The number of carbonyl (C=O) groups is 1. The highest BCUT2D eigenvalue weighted by atomic mass is 35.5. The van der Waals surface area contributed by atoms with E-state index in [2.05, 4.69) is 15.9 Å². The molecule has 1 rings (SSSR count). The van der Waals surface area contributed by atoms with E-state index in [4.69, 9.17) is 11.6 Å². The zero-order valence-corrected chi connectivity index (χ0v) is 9.42. The molecular weight excluding hydrogens is 235 g/mol. The average Bonchev–Trinajstić information content (AvgIpc) is 2.30. The van der Waals surface area contributed by atoms with Gasteiger partial charge in [-0.1, -0.05) is 24.6 Å². The summed E-state index contributed by atoms with van der Waals surface area (Å²) in [6.07, 6.45) is 0.460. The smallest absolute Gasteiger partial charge is 0.344 e. The number of carbonyl (C=O) groups excluding carboxylic acids is 1. The van der Waals surface area contributed by atoms with Gasteiger partial charge >= 0.3 is 5.97 Å². The van der Waals surface area contributed by atoms with Gasteiger partial charge in [0.15, 0.2) is 0 Å². The lowest BCUT2D eigenvalue weighted by atomic mass is 10.3. The molecule has 1 aromatic carbocycles. The number of hydrogen-bond donors (Lipinski definition) is 2. The Morgan fingerprint density at radius 2 is 2.25 bits per heavy atom. The molecule has 88 valence electrons. The molecule has 6 heteroatoms. The third kappa shape index (κ3) is 3.67. The molecule has 0 saturated carbocycles. The summed E-state index contributed by atoms with van der Waals surface area (Å²) in [7, 11) is 0. The molecule has 0 aliphatic heterocycles. The van der Waals surface area contributed by atoms with E-state index in [1.54, 1.807) is 19.1 Å². The Kier molecular flexibility index (Phi) is 5.01. The molecule has 1 aromatic rings. The van der Waals surface area contributed by atoms with E-state index in [-0.39, 0.29) is 5.69 Å². The SMILES string of the molecule is CCC(Cl)C(=O)ONNc1ccccc1F. The normalized spacial score (nSPS) is 11.9. The number of anilines is 1. The fourth-order valence-corrected chi connectivity index (χ4v) is 0.969. The Bertz CT molecular complexity index is 362. The molecule has 4 nitrogen and oxygen atoms in total. The second kappa shape index (κ2) is 6.30. The molecule has 0 radical (unpaired) electrons. The van der Waals surface area contributed by atoms with E-state index in [1.165, 1.54) is 12.1 Å². The van der Waals surface area contributed by atoms with Crippen LogP contribution in [0.5, 0.6) is 0 Å². The van der Waals surface area contributed by atoms with Crippen LogP contribution in [0.2, 0.25) is 0 Å². The van der Waals surface area contributed by atoms with E-state index >= 15 is 0 Å². The van der Waals surface area contributed by atoms with E-state index < -0.39 is 17.2 Å². The second-order valence-electron chi connectivity index (χ2n) is 3.00. The van der Waals surface area contributed by atoms with E-state index in [1.807, 2.05) is 0 Å². The first-order valence-corrected chi connectivity index (χ1v) is 5.19. The molecular formula is C10H12ClFN2O2. The summed E-state index contributed by atoms with van der Waals surface area (Å²) in [5.74, 6) is -1.07. The first kappa shape index (κ1) is 12.7. The van der Waals surface area contributed by atoms with Crippen LogP contribution in [-0.2, 0) is 9.63 Å². The summed E-state index contributed by atoms with van der Waals surface area (Å²) < 4.78 is 13.1. The van der Waals surface area contributed by atoms with Crippen molar-refractivity contribution in [1.29, 1.82) is 0 Å². The molecule has 0 spiro atoms. The maximum Gasteiger partial charge on any atom is 0.344 e. The number of rotatable bonds is 5. The van der Waals surface area contributed by atoms with Gasteiger partial charge in [-0.15, -0.1) is 11.6 Å². The second-order valence-corrected chi connectivity index (χ2v) is 3.53. The molecule has 1 unspecified atom stereocenters. The van der Waals surface area contributed by atoms with Gasteiger partial charge in [0, 0.05) is 0 Å². The molecule has 0 aliphatic carbocycles. The van der Waals surface area contributed by atoms with Gasteiger partial charge in [0.05, 0.1) is 5.69 Å². The van der Waals surface area contributed by atoms with Crippen molar-refractivity contribution in [1.82, 2.24) is 5.59 Å². The van der Waals surface area contributed by atoms with Crippen LogP contribution >= 0.6 is 11.6 Å². The zero-order valence-electron chi connectivity index (χ0n) is 8.67. The highest BCUT2D eigenvalue weighted by Crippen LogP contribution is 2.10. The van der Waals surface area contributed by atoms with Crippen LogP contribution in [0.3, 0.4) is 0 Å². The molecule has 0 heterocycles. The Hall–Kier alpha value is -1.33. The Balaban J connectivity index is 2.36. The summed E-state index contributed by atoms with van der Waals surface area (Å²) in [5.41, 5.74) is 4.71. The molecule has 2 N–H and O–H groups in total. The van der Waals surface area contributed by atoms with Gasteiger partial charge in [-0.25, -0.2) is 9.18 Å². The minimum Gasteiger partial charge on any atom is -0.349 e. The van der Waals surface area contributed by atoms with Gasteiger partial charge in [-0.05, 0) is 18.6 Å². The summed E-state index contributed by atoms with van der Waals surface area (Å²) in [4.78, 5) is 15.7. The van der Waals surface area contributed by atoms with Gasteiger partial charge in [0.1, 0.15) is 11.2 Å². The first-order valence-electron chi connectivity index (χ1n) is 4.75. The standard InChI is InChI=1S/C10H12ClFN2O2/c1-2-7(11)10(15)16-14-13-9-6-4-3-5-8(9)12/h3-7,13-14H,2H2,1H3. The number of alkyl halides is 1. The van der Waals surface area contributed by atoms with Crippen LogP contribution in [0.25, 0.3) is 0 Å². The fourth-order valence-electron chi connectivity index (χ4n) is 0.924. The monoisotopic (exact) mass is 246 g/mol. The minimum absolute atomic E-state index is 0.179. The van der Waals surface area contributed by atoms with Crippen molar-refractivity contribution in [2.24, 2.45) is 0 Å². The van der Waals surface area contributed by atoms with Crippen LogP contribution in [-0.4, -0.2) is 11.3 Å². The van der Waals surface area contributed by atoms with E-state index in [0.717, 1.165) is 0 Å². The van der Waals surface area contributed by atoms with Gasteiger partial charge in [-0.2, -0.15) is 0 Å². The lowest BCUT2D eigenvalue weighted by Crippen LogP contribution is -2.30.